The molecule has 1 rings (SSSR count). The van der Waals surface area contributed by atoms with Crippen LogP contribution in [-0.2, 0) is 9.59 Å². The first-order valence-electron chi connectivity index (χ1n) is 4.27. The number of aliphatic carboxylic acids is 2. The molecule has 0 amide bonds. The topological polar surface area (TPSA) is 74.6 Å². The lowest BCUT2D eigenvalue weighted by Crippen LogP contribution is -2.08. The average Bonchev–Trinajstić information content (AvgIpc) is 2.18. The van der Waals surface area contributed by atoms with Crippen LogP contribution in [0.3, 0.4) is 0 Å². The lowest BCUT2D eigenvalue weighted by Gasteiger charge is -2.04. The Morgan fingerprint density at radius 2 is 1.53 bits per heavy atom. The molecule has 0 bridgehead atoms. The monoisotopic (exact) mass is 206 g/mol. The Balaban J connectivity index is 3.34. The second kappa shape index (κ2) is 4.41. The van der Waals surface area contributed by atoms with E-state index in [1.165, 1.54) is 6.92 Å². The Morgan fingerprint density at radius 1 is 1.00 bits per heavy atom. The van der Waals surface area contributed by atoms with Gasteiger partial charge in [-0.2, -0.15) is 0 Å². The van der Waals surface area contributed by atoms with E-state index in [1.807, 2.05) is 0 Å². The number of carboxylic acid groups (broad SMARTS) is 2. The summed E-state index contributed by atoms with van der Waals surface area (Å²) in [6, 6.07) is 8.19. The minimum Gasteiger partial charge on any atom is -0.478 e. The van der Waals surface area contributed by atoms with Gasteiger partial charge in [-0.15, -0.1) is 0 Å². The van der Waals surface area contributed by atoms with Gasteiger partial charge in [-0.3, -0.25) is 0 Å². The number of rotatable bonds is 3. The Labute approximate surface area is 86.5 Å². The van der Waals surface area contributed by atoms with Crippen LogP contribution in [0.1, 0.15) is 12.5 Å². The van der Waals surface area contributed by atoms with Crippen LogP contribution in [0.15, 0.2) is 35.9 Å². The van der Waals surface area contributed by atoms with Crippen LogP contribution >= 0.6 is 0 Å². The number of benzene rings is 1. The third-order valence-electron chi connectivity index (χ3n) is 1.97. The SMILES string of the molecule is CC(C(=O)O)=C(C(=O)O)c1ccccc1. The fourth-order valence-corrected chi connectivity index (χ4v) is 1.21. The maximum Gasteiger partial charge on any atom is 0.336 e. The molecule has 4 heteroatoms. The molecule has 1 aromatic carbocycles. The highest BCUT2D eigenvalue weighted by molar-refractivity contribution is 6.21. The Morgan fingerprint density at radius 3 is 1.93 bits per heavy atom. The molecular formula is C11H10O4. The van der Waals surface area contributed by atoms with E-state index in [0.29, 0.717) is 5.56 Å². The quantitative estimate of drug-likeness (QED) is 0.737. The molecule has 0 saturated carbocycles. The van der Waals surface area contributed by atoms with Gasteiger partial charge in [0.05, 0.1) is 5.57 Å². The van der Waals surface area contributed by atoms with E-state index in [9.17, 15) is 9.59 Å². The molecule has 1 aromatic rings. The van der Waals surface area contributed by atoms with E-state index >= 15 is 0 Å². The zero-order valence-corrected chi connectivity index (χ0v) is 8.10. The van der Waals surface area contributed by atoms with Gasteiger partial charge < -0.3 is 10.2 Å². The average molecular weight is 206 g/mol. The number of carboxylic acids is 2. The first kappa shape index (κ1) is 11.0. The normalized spacial score (nSPS) is 11.8. The largest absolute Gasteiger partial charge is 0.478 e. The molecule has 0 aliphatic heterocycles. The van der Waals surface area contributed by atoms with Gasteiger partial charge in [0.25, 0.3) is 0 Å². The highest BCUT2D eigenvalue weighted by atomic mass is 16.4. The zero-order chi connectivity index (χ0) is 11.4. The van der Waals surface area contributed by atoms with Crippen LogP contribution in [-0.4, -0.2) is 22.2 Å². The molecule has 15 heavy (non-hydrogen) atoms. The van der Waals surface area contributed by atoms with Crippen molar-refractivity contribution in [2.45, 2.75) is 6.92 Å². The fraction of sp³-hybridized carbons (Fsp3) is 0.0909. The predicted octanol–water partition coefficient (Wildman–Crippen LogP) is 1.63. The number of carbonyl (C=O) groups is 2. The van der Waals surface area contributed by atoms with Crippen molar-refractivity contribution < 1.29 is 19.8 Å². The van der Waals surface area contributed by atoms with Gasteiger partial charge in [0.1, 0.15) is 0 Å². The summed E-state index contributed by atoms with van der Waals surface area (Å²) >= 11 is 0. The molecule has 0 atom stereocenters. The molecule has 0 aliphatic carbocycles. The van der Waals surface area contributed by atoms with Crippen LogP contribution in [0.2, 0.25) is 0 Å². The molecule has 0 heterocycles. The molecular weight excluding hydrogens is 196 g/mol. The summed E-state index contributed by atoms with van der Waals surface area (Å²) in [6.07, 6.45) is 0. The van der Waals surface area contributed by atoms with Gasteiger partial charge in [0, 0.05) is 5.57 Å². The highest BCUT2D eigenvalue weighted by Gasteiger charge is 2.17. The van der Waals surface area contributed by atoms with Crippen molar-refractivity contribution in [2.24, 2.45) is 0 Å². The summed E-state index contributed by atoms with van der Waals surface area (Å²) in [6.45, 7) is 1.28. The lowest BCUT2D eigenvalue weighted by molar-refractivity contribution is -0.134. The molecule has 0 fully saturated rings. The molecule has 0 aliphatic rings. The van der Waals surface area contributed by atoms with Gasteiger partial charge in [0.15, 0.2) is 0 Å². The molecule has 4 nitrogen and oxygen atoms in total. The first-order valence-corrected chi connectivity index (χ1v) is 4.27. The van der Waals surface area contributed by atoms with E-state index < -0.39 is 11.9 Å². The fourth-order valence-electron chi connectivity index (χ4n) is 1.21. The minimum absolute atomic E-state index is 0.172. The molecule has 78 valence electrons. The van der Waals surface area contributed by atoms with Gasteiger partial charge >= 0.3 is 11.9 Å². The standard InChI is InChI=1S/C11H10O4/c1-7(10(12)13)9(11(14)15)8-5-3-2-4-6-8/h2-6H,1H3,(H,12,13)(H,14,15). The van der Waals surface area contributed by atoms with Gasteiger partial charge in [0.2, 0.25) is 0 Å². The molecule has 0 saturated heterocycles. The van der Waals surface area contributed by atoms with Crippen LogP contribution < -0.4 is 0 Å². The molecule has 0 radical (unpaired) electrons. The summed E-state index contributed by atoms with van der Waals surface area (Å²) < 4.78 is 0. The molecule has 0 unspecified atom stereocenters. The van der Waals surface area contributed by atoms with Crippen LogP contribution in [0.25, 0.3) is 5.57 Å². The van der Waals surface area contributed by atoms with Crippen molar-refractivity contribution in [1.29, 1.82) is 0 Å². The minimum atomic E-state index is -1.24. The first-order chi connectivity index (χ1) is 7.04. The van der Waals surface area contributed by atoms with Crippen LogP contribution in [0, 0.1) is 0 Å². The summed E-state index contributed by atoms with van der Waals surface area (Å²) in [5.41, 5.74) is 0.0432. The van der Waals surface area contributed by atoms with Gasteiger partial charge in [-0.1, -0.05) is 30.3 Å². The second-order valence-electron chi connectivity index (χ2n) is 2.98. The summed E-state index contributed by atoms with van der Waals surface area (Å²) in [4.78, 5) is 21.6. The van der Waals surface area contributed by atoms with E-state index in [4.69, 9.17) is 10.2 Å². The van der Waals surface area contributed by atoms with Crippen molar-refractivity contribution in [2.75, 3.05) is 0 Å². The van der Waals surface area contributed by atoms with Gasteiger partial charge in [-0.05, 0) is 12.5 Å². The van der Waals surface area contributed by atoms with Gasteiger partial charge in [-0.25, -0.2) is 9.59 Å². The van der Waals surface area contributed by atoms with Crippen molar-refractivity contribution >= 4 is 17.5 Å². The number of hydrogen-bond donors (Lipinski definition) is 2. The summed E-state index contributed by atoms with van der Waals surface area (Å²) in [5, 5.41) is 17.7. The highest BCUT2D eigenvalue weighted by Crippen LogP contribution is 2.18. The number of hydrogen-bond acceptors (Lipinski definition) is 2. The predicted molar refractivity (Wildman–Crippen MR) is 54.3 cm³/mol. The molecule has 0 spiro atoms. The second-order valence-corrected chi connectivity index (χ2v) is 2.98. The third-order valence-corrected chi connectivity index (χ3v) is 1.97. The third kappa shape index (κ3) is 2.43. The van der Waals surface area contributed by atoms with E-state index in [1.54, 1.807) is 30.3 Å². The van der Waals surface area contributed by atoms with E-state index in [2.05, 4.69) is 0 Å². The molecule has 0 aromatic heterocycles. The zero-order valence-electron chi connectivity index (χ0n) is 8.10. The Bertz CT molecular complexity index is 417. The molecule has 2 N–H and O–H groups in total. The Hall–Kier alpha value is -2.10. The lowest BCUT2D eigenvalue weighted by atomic mass is 10.0. The summed E-state index contributed by atoms with van der Waals surface area (Å²) in [5.74, 6) is -2.46. The Kier molecular flexibility index (Phi) is 3.23. The maximum atomic E-state index is 10.9. The maximum absolute atomic E-state index is 10.9. The van der Waals surface area contributed by atoms with Crippen molar-refractivity contribution in [1.82, 2.24) is 0 Å². The van der Waals surface area contributed by atoms with E-state index in [-0.39, 0.29) is 11.1 Å². The summed E-state index contributed by atoms with van der Waals surface area (Å²) in [7, 11) is 0. The van der Waals surface area contributed by atoms with Crippen molar-refractivity contribution in [3.8, 4) is 0 Å². The van der Waals surface area contributed by atoms with Crippen molar-refractivity contribution in [3.05, 3.63) is 41.5 Å². The smallest absolute Gasteiger partial charge is 0.336 e. The van der Waals surface area contributed by atoms with Crippen LogP contribution in [0.5, 0.6) is 0 Å². The van der Waals surface area contributed by atoms with Crippen LogP contribution in [0.4, 0.5) is 0 Å². The van der Waals surface area contributed by atoms with Crippen molar-refractivity contribution in [3.63, 3.8) is 0 Å². The van der Waals surface area contributed by atoms with E-state index in [0.717, 1.165) is 0 Å².